The number of hydrogen-bond donors (Lipinski definition) is 0. The zero-order valence-corrected chi connectivity index (χ0v) is 17.6. The standard InChI is InChI=1S/C26H34N2O/c1-3-9-21(10-4-1)25-20-28-17-7-11-26(28)23-13-12-22(19-24(23)25)29-18-8-16-27-14-5-2-6-15-27/h1,3-4,9-10,12-13,19,25-26H,2,5-8,11,14-18,20H2/t25-,26-/m1/s1. The van der Waals surface area contributed by atoms with Gasteiger partial charge in [-0.2, -0.15) is 0 Å². The van der Waals surface area contributed by atoms with Gasteiger partial charge in [0.15, 0.2) is 0 Å². The molecule has 0 amide bonds. The van der Waals surface area contributed by atoms with Crippen LogP contribution >= 0.6 is 0 Å². The highest BCUT2D eigenvalue weighted by Gasteiger charge is 2.36. The molecule has 0 N–H and O–H groups in total. The van der Waals surface area contributed by atoms with Crippen LogP contribution in [0.1, 0.15) is 67.2 Å². The lowest BCUT2D eigenvalue weighted by molar-refractivity contribution is 0.204. The van der Waals surface area contributed by atoms with E-state index in [0.717, 1.165) is 25.3 Å². The van der Waals surface area contributed by atoms with E-state index in [1.807, 2.05) is 0 Å². The van der Waals surface area contributed by atoms with Crippen molar-refractivity contribution in [2.24, 2.45) is 0 Å². The number of ether oxygens (including phenoxy) is 1. The summed E-state index contributed by atoms with van der Waals surface area (Å²) in [6, 6.07) is 18.6. The zero-order chi connectivity index (χ0) is 19.5. The van der Waals surface area contributed by atoms with Crippen molar-refractivity contribution >= 4 is 0 Å². The van der Waals surface area contributed by atoms with Crippen LogP contribution in [-0.2, 0) is 0 Å². The second-order valence-electron chi connectivity index (χ2n) is 9.01. The van der Waals surface area contributed by atoms with Crippen LogP contribution < -0.4 is 4.74 Å². The van der Waals surface area contributed by atoms with E-state index in [0.29, 0.717) is 12.0 Å². The van der Waals surface area contributed by atoms with Crippen molar-refractivity contribution in [1.82, 2.24) is 9.80 Å². The quantitative estimate of drug-likeness (QED) is 0.629. The summed E-state index contributed by atoms with van der Waals surface area (Å²) >= 11 is 0. The van der Waals surface area contributed by atoms with Gasteiger partial charge in [-0.3, -0.25) is 4.90 Å². The normalized spacial score (nSPS) is 24.8. The van der Waals surface area contributed by atoms with Gasteiger partial charge in [0.25, 0.3) is 0 Å². The molecule has 2 atom stereocenters. The Balaban J connectivity index is 1.30. The van der Waals surface area contributed by atoms with Crippen LogP contribution in [0.25, 0.3) is 0 Å². The first-order valence-corrected chi connectivity index (χ1v) is 11.7. The maximum atomic E-state index is 6.22. The summed E-state index contributed by atoms with van der Waals surface area (Å²) in [4.78, 5) is 5.29. The molecular weight excluding hydrogens is 356 g/mol. The summed E-state index contributed by atoms with van der Waals surface area (Å²) in [5.74, 6) is 1.51. The van der Waals surface area contributed by atoms with Gasteiger partial charge in [0.2, 0.25) is 0 Å². The number of fused-ring (bicyclic) bond motifs is 3. The van der Waals surface area contributed by atoms with Crippen molar-refractivity contribution in [2.45, 2.75) is 50.5 Å². The third-order valence-corrected chi connectivity index (χ3v) is 7.11. The topological polar surface area (TPSA) is 15.7 Å². The second kappa shape index (κ2) is 8.89. The molecule has 3 heterocycles. The number of rotatable bonds is 6. The lowest BCUT2D eigenvalue weighted by atomic mass is 9.81. The summed E-state index contributed by atoms with van der Waals surface area (Å²) in [7, 11) is 0. The van der Waals surface area contributed by atoms with E-state index in [4.69, 9.17) is 4.74 Å². The molecule has 154 valence electrons. The molecule has 0 bridgehead atoms. The molecule has 0 saturated carbocycles. The fourth-order valence-corrected chi connectivity index (χ4v) is 5.61. The van der Waals surface area contributed by atoms with Crippen LogP contribution in [0.5, 0.6) is 5.75 Å². The highest BCUT2D eigenvalue weighted by Crippen LogP contribution is 2.45. The minimum Gasteiger partial charge on any atom is -0.494 e. The summed E-state index contributed by atoms with van der Waals surface area (Å²) in [5, 5.41) is 0. The van der Waals surface area contributed by atoms with Crippen LogP contribution in [0.2, 0.25) is 0 Å². The van der Waals surface area contributed by atoms with E-state index in [1.165, 1.54) is 75.0 Å². The van der Waals surface area contributed by atoms with Crippen molar-refractivity contribution in [3.8, 4) is 5.75 Å². The maximum Gasteiger partial charge on any atom is 0.119 e. The fourth-order valence-electron chi connectivity index (χ4n) is 5.61. The smallest absolute Gasteiger partial charge is 0.119 e. The molecule has 5 rings (SSSR count). The monoisotopic (exact) mass is 390 g/mol. The van der Waals surface area contributed by atoms with Crippen molar-refractivity contribution < 1.29 is 4.74 Å². The number of hydrogen-bond acceptors (Lipinski definition) is 3. The highest BCUT2D eigenvalue weighted by atomic mass is 16.5. The molecule has 0 aromatic heterocycles. The minimum atomic E-state index is 0.456. The summed E-state index contributed by atoms with van der Waals surface area (Å²) < 4.78 is 6.22. The fraction of sp³-hybridized carbons (Fsp3) is 0.538. The highest BCUT2D eigenvalue weighted by molar-refractivity contribution is 5.46. The van der Waals surface area contributed by atoms with Crippen molar-refractivity contribution in [1.29, 1.82) is 0 Å². The van der Waals surface area contributed by atoms with Gasteiger partial charge < -0.3 is 9.64 Å². The van der Waals surface area contributed by atoms with Crippen molar-refractivity contribution in [2.75, 3.05) is 39.3 Å². The number of benzene rings is 2. The second-order valence-corrected chi connectivity index (χ2v) is 9.01. The molecule has 29 heavy (non-hydrogen) atoms. The Morgan fingerprint density at radius 2 is 1.72 bits per heavy atom. The Kier molecular flexibility index (Phi) is 5.87. The van der Waals surface area contributed by atoms with E-state index in [2.05, 4.69) is 58.3 Å². The van der Waals surface area contributed by atoms with Gasteiger partial charge in [0.1, 0.15) is 5.75 Å². The van der Waals surface area contributed by atoms with E-state index in [1.54, 1.807) is 0 Å². The van der Waals surface area contributed by atoms with Gasteiger partial charge in [0.05, 0.1) is 6.61 Å². The first kappa shape index (κ1) is 19.1. The van der Waals surface area contributed by atoms with Crippen LogP contribution in [0.4, 0.5) is 0 Å². The molecule has 0 unspecified atom stereocenters. The molecule has 2 saturated heterocycles. The lowest BCUT2D eigenvalue weighted by Crippen LogP contribution is -2.34. The first-order valence-electron chi connectivity index (χ1n) is 11.7. The molecule has 0 spiro atoms. The predicted octanol–water partition coefficient (Wildman–Crippen LogP) is 5.22. The summed E-state index contributed by atoms with van der Waals surface area (Å²) in [6.45, 7) is 6.92. The third-order valence-electron chi connectivity index (χ3n) is 7.11. The molecule has 0 radical (unpaired) electrons. The van der Waals surface area contributed by atoms with Crippen LogP contribution in [0.3, 0.4) is 0 Å². The van der Waals surface area contributed by atoms with E-state index < -0.39 is 0 Å². The molecule has 0 aliphatic carbocycles. The van der Waals surface area contributed by atoms with Gasteiger partial charge in [-0.25, -0.2) is 0 Å². The molecule has 3 nitrogen and oxygen atoms in total. The largest absolute Gasteiger partial charge is 0.494 e. The van der Waals surface area contributed by atoms with E-state index >= 15 is 0 Å². The van der Waals surface area contributed by atoms with Gasteiger partial charge in [-0.15, -0.1) is 0 Å². The SMILES string of the molecule is c1ccc([C@H]2CN3CCC[C@@H]3c3ccc(OCCCN4CCCCC4)cc32)cc1. The Bertz CT molecular complexity index is 800. The van der Waals surface area contributed by atoms with Crippen LogP contribution in [-0.4, -0.2) is 49.1 Å². The number of likely N-dealkylation sites (tertiary alicyclic amines) is 1. The maximum absolute atomic E-state index is 6.22. The molecule has 2 aromatic carbocycles. The molecular formula is C26H34N2O. The molecule has 2 fully saturated rings. The number of nitrogens with zero attached hydrogens (tertiary/aromatic N) is 2. The average molecular weight is 391 g/mol. The summed E-state index contributed by atoms with van der Waals surface area (Å²) in [5.41, 5.74) is 4.46. The Morgan fingerprint density at radius 1 is 0.862 bits per heavy atom. The van der Waals surface area contributed by atoms with Gasteiger partial charge >= 0.3 is 0 Å². The lowest BCUT2D eigenvalue weighted by Gasteiger charge is -2.37. The van der Waals surface area contributed by atoms with Crippen LogP contribution in [0.15, 0.2) is 48.5 Å². The van der Waals surface area contributed by atoms with Crippen molar-refractivity contribution in [3.05, 3.63) is 65.2 Å². The van der Waals surface area contributed by atoms with Crippen molar-refractivity contribution in [3.63, 3.8) is 0 Å². The molecule has 2 aromatic rings. The molecule has 3 aliphatic heterocycles. The molecule has 3 heteroatoms. The molecule has 3 aliphatic rings. The van der Waals surface area contributed by atoms with Gasteiger partial charge in [0, 0.05) is 25.0 Å². The first-order chi connectivity index (χ1) is 14.4. The van der Waals surface area contributed by atoms with E-state index in [-0.39, 0.29) is 0 Å². The van der Waals surface area contributed by atoms with Crippen LogP contribution in [0, 0.1) is 0 Å². The Morgan fingerprint density at radius 3 is 2.59 bits per heavy atom. The Labute approximate surface area is 175 Å². The Hall–Kier alpha value is -1.84. The average Bonchev–Trinajstić information content (AvgIpc) is 3.26. The van der Waals surface area contributed by atoms with Gasteiger partial charge in [-0.1, -0.05) is 42.8 Å². The van der Waals surface area contributed by atoms with E-state index in [9.17, 15) is 0 Å². The predicted molar refractivity (Wildman–Crippen MR) is 119 cm³/mol. The minimum absolute atomic E-state index is 0.456. The third kappa shape index (κ3) is 4.22. The number of piperidine rings is 1. The van der Waals surface area contributed by atoms with Gasteiger partial charge in [-0.05, 0) is 80.6 Å². The summed E-state index contributed by atoms with van der Waals surface area (Å²) in [6.07, 6.45) is 7.87. The zero-order valence-electron chi connectivity index (χ0n) is 17.6.